The Morgan fingerprint density at radius 3 is 2.50 bits per heavy atom. The van der Waals surface area contributed by atoms with E-state index in [4.69, 9.17) is 9.47 Å². The summed E-state index contributed by atoms with van der Waals surface area (Å²) in [7, 11) is 1.55. The van der Waals surface area contributed by atoms with Crippen molar-refractivity contribution in [3.63, 3.8) is 0 Å². The van der Waals surface area contributed by atoms with E-state index in [2.05, 4.69) is 16.0 Å². The summed E-state index contributed by atoms with van der Waals surface area (Å²) in [5.41, 5.74) is 1.39. The second-order valence-electron chi connectivity index (χ2n) is 8.07. The lowest BCUT2D eigenvalue weighted by atomic mass is 9.91. The lowest BCUT2D eigenvalue weighted by Gasteiger charge is -2.29. The van der Waals surface area contributed by atoms with Crippen molar-refractivity contribution < 1.29 is 24.0 Å². The number of hydrogen-bond acceptors (Lipinski definition) is 7. The molecule has 0 spiro atoms. The van der Waals surface area contributed by atoms with Gasteiger partial charge >= 0.3 is 0 Å². The molecule has 0 saturated heterocycles. The monoisotopic (exact) mass is 470 g/mol. The minimum Gasteiger partial charge on any atom is -0.493 e. The molecule has 0 radical (unpaired) electrons. The van der Waals surface area contributed by atoms with E-state index >= 15 is 0 Å². The summed E-state index contributed by atoms with van der Waals surface area (Å²) in [6, 6.07) is 9.89. The first-order valence-corrected chi connectivity index (χ1v) is 11.3. The molecule has 3 N–H and O–H groups in total. The summed E-state index contributed by atoms with van der Waals surface area (Å²) in [6.45, 7) is 2.60. The first kappa shape index (κ1) is 24.8. The van der Waals surface area contributed by atoms with Gasteiger partial charge in [0.05, 0.1) is 24.2 Å². The maximum atomic E-state index is 13.0. The maximum absolute atomic E-state index is 13.0. The molecule has 1 aliphatic carbocycles. The van der Waals surface area contributed by atoms with E-state index in [1.165, 1.54) is 12.1 Å². The quantitative estimate of drug-likeness (QED) is 0.260. The summed E-state index contributed by atoms with van der Waals surface area (Å²) >= 11 is 0. The zero-order valence-electron chi connectivity index (χ0n) is 19.3. The van der Waals surface area contributed by atoms with Gasteiger partial charge in [-0.2, -0.15) is 0 Å². The molecule has 182 valence electrons. The second-order valence-corrected chi connectivity index (χ2v) is 8.07. The number of non-ortho nitro benzene ring substituents is 1. The van der Waals surface area contributed by atoms with E-state index in [1.54, 1.807) is 25.3 Å². The summed E-state index contributed by atoms with van der Waals surface area (Å²) < 4.78 is 10.9. The number of benzene rings is 2. The number of methoxy groups -OCH3 is 1. The Bertz CT molecular complexity index is 1020. The number of anilines is 1. The van der Waals surface area contributed by atoms with Crippen LogP contribution < -0.4 is 25.4 Å². The van der Waals surface area contributed by atoms with Gasteiger partial charge in [0.15, 0.2) is 11.5 Å². The molecule has 2 aromatic rings. The molecule has 0 bridgehead atoms. The predicted octanol–water partition coefficient (Wildman–Crippen LogP) is 3.40. The number of nitro benzene ring substituents is 1. The molecule has 1 aliphatic rings. The highest BCUT2D eigenvalue weighted by Crippen LogP contribution is 2.29. The van der Waals surface area contributed by atoms with Gasteiger partial charge in [-0.25, -0.2) is 0 Å². The number of hydrogen-bond donors (Lipinski definition) is 3. The minimum atomic E-state index is -0.520. The van der Waals surface area contributed by atoms with Crippen LogP contribution in [0.1, 0.15) is 48.5 Å². The molecule has 1 saturated carbocycles. The molecule has 0 aliphatic heterocycles. The molecule has 2 aromatic carbocycles. The second kappa shape index (κ2) is 11.9. The Morgan fingerprint density at radius 2 is 1.85 bits per heavy atom. The Balaban J connectivity index is 1.72. The Labute approximate surface area is 198 Å². The van der Waals surface area contributed by atoms with Crippen molar-refractivity contribution in [1.29, 1.82) is 0 Å². The van der Waals surface area contributed by atoms with Crippen molar-refractivity contribution in [3.8, 4) is 11.5 Å². The van der Waals surface area contributed by atoms with Crippen molar-refractivity contribution in [2.75, 3.05) is 19.0 Å². The number of rotatable bonds is 11. The first-order valence-electron chi connectivity index (χ1n) is 11.3. The number of nitro groups is 1. The fourth-order valence-corrected chi connectivity index (χ4v) is 4.05. The van der Waals surface area contributed by atoms with Crippen LogP contribution in [0.25, 0.3) is 0 Å². The molecule has 0 atom stereocenters. The smallest absolute Gasteiger partial charge is 0.270 e. The highest BCUT2D eigenvalue weighted by molar-refractivity contribution is 6.00. The van der Waals surface area contributed by atoms with E-state index in [0.29, 0.717) is 23.8 Å². The fraction of sp³-hybridized carbons (Fsp3) is 0.417. The molecular formula is C24H30N4O6. The maximum Gasteiger partial charge on any atom is 0.270 e. The van der Waals surface area contributed by atoms with Crippen molar-refractivity contribution in [3.05, 3.63) is 57.6 Å². The molecule has 3 rings (SSSR count). The van der Waals surface area contributed by atoms with Crippen LogP contribution in [-0.4, -0.2) is 43.0 Å². The van der Waals surface area contributed by atoms with E-state index in [0.717, 1.165) is 37.7 Å². The van der Waals surface area contributed by atoms with Crippen molar-refractivity contribution in [1.82, 2.24) is 10.6 Å². The van der Waals surface area contributed by atoms with Gasteiger partial charge in [-0.1, -0.05) is 6.07 Å². The number of carbonyl (C=O) groups excluding carboxylic acids is 2. The Kier molecular flexibility index (Phi) is 8.66. The lowest BCUT2D eigenvalue weighted by Crippen LogP contribution is -2.36. The topological polar surface area (TPSA) is 132 Å². The van der Waals surface area contributed by atoms with E-state index in [1.807, 2.05) is 13.0 Å². The highest BCUT2D eigenvalue weighted by Gasteiger charge is 2.23. The zero-order valence-corrected chi connectivity index (χ0v) is 19.3. The number of amides is 2. The van der Waals surface area contributed by atoms with Crippen molar-refractivity contribution in [2.24, 2.45) is 0 Å². The molecule has 2 amide bonds. The molecular weight excluding hydrogens is 440 g/mol. The Hall–Kier alpha value is -3.82. The van der Waals surface area contributed by atoms with Gasteiger partial charge in [0.1, 0.15) is 0 Å². The molecule has 0 aromatic heterocycles. The van der Waals surface area contributed by atoms with Crippen LogP contribution in [0.5, 0.6) is 11.5 Å². The number of ether oxygens (including phenoxy) is 2. The summed E-state index contributed by atoms with van der Waals surface area (Å²) in [4.78, 5) is 34.5. The standard InChI is InChI=1S/C24H30N4O6/c1-3-34-22-11-4-16(12-23(22)33-2)14-25-24(30)20-13-19(28(31)32)9-10-21(20)27-18-7-5-17(6-8-18)26-15-29/h4,9-13,15,17-18,27H,3,5-8,14H2,1-2H3,(H,25,30)(H,26,29)/t17-,18-. The average molecular weight is 471 g/mol. The van der Waals surface area contributed by atoms with Crippen LogP contribution in [0.15, 0.2) is 36.4 Å². The largest absolute Gasteiger partial charge is 0.493 e. The third-order valence-corrected chi connectivity index (χ3v) is 5.83. The number of nitrogens with zero attached hydrogens (tertiary/aromatic N) is 1. The normalized spacial score (nSPS) is 17.4. The van der Waals surface area contributed by atoms with Gasteiger partial charge in [0.2, 0.25) is 6.41 Å². The highest BCUT2D eigenvalue weighted by atomic mass is 16.6. The van der Waals surface area contributed by atoms with Gasteiger partial charge in [0, 0.05) is 36.4 Å². The van der Waals surface area contributed by atoms with Crippen molar-refractivity contribution >= 4 is 23.7 Å². The summed E-state index contributed by atoms with van der Waals surface area (Å²) in [5, 5.41) is 20.3. The van der Waals surface area contributed by atoms with E-state index in [9.17, 15) is 19.7 Å². The number of carbonyl (C=O) groups is 2. The molecule has 1 fully saturated rings. The van der Waals surface area contributed by atoms with Gasteiger partial charge in [0.25, 0.3) is 11.6 Å². The minimum absolute atomic E-state index is 0.105. The van der Waals surface area contributed by atoms with Crippen LogP contribution in [-0.2, 0) is 11.3 Å². The van der Waals surface area contributed by atoms with E-state index in [-0.39, 0.29) is 29.9 Å². The molecule has 10 heteroatoms. The van der Waals surface area contributed by atoms with E-state index < -0.39 is 10.8 Å². The van der Waals surface area contributed by atoms with Gasteiger partial charge in [-0.05, 0) is 56.4 Å². The fourth-order valence-electron chi connectivity index (χ4n) is 4.05. The average Bonchev–Trinajstić information content (AvgIpc) is 2.84. The molecule has 10 nitrogen and oxygen atoms in total. The van der Waals surface area contributed by atoms with Gasteiger partial charge < -0.3 is 25.4 Å². The molecule has 0 heterocycles. The van der Waals surface area contributed by atoms with Gasteiger partial charge in [-0.3, -0.25) is 19.7 Å². The van der Waals surface area contributed by atoms with Crippen LogP contribution in [0.2, 0.25) is 0 Å². The Morgan fingerprint density at radius 1 is 1.12 bits per heavy atom. The summed E-state index contributed by atoms with van der Waals surface area (Å²) in [6.07, 6.45) is 4.00. The SMILES string of the molecule is CCOc1ccc(CNC(=O)c2cc([N+](=O)[O-])ccc2N[C@H]2CC[C@H](NC=O)CC2)cc1OC. The lowest BCUT2D eigenvalue weighted by molar-refractivity contribution is -0.384. The van der Waals surface area contributed by atoms with Crippen LogP contribution in [0, 0.1) is 10.1 Å². The third-order valence-electron chi connectivity index (χ3n) is 5.83. The van der Waals surface area contributed by atoms with Gasteiger partial charge in [-0.15, -0.1) is 0 Å². The zero-order chi connectivity index (χ0) is 24.5. The summed E-state index contributed by atoms with van der Waals surface area (Å²) in [5.74, 6) is 0.754. The molecule has 34 heavy (non-hydrogen) atoms. The number of nitrogens with one attached hydrogen (secondary N) is 3. The predicted molar refractivity (Wildman–Crippen MR) is 127 cm³/mol. The van der Waals surface area contributed by atoms with Crippen LogP contribution >= 0.6 is 0 Å². The first-order chi connectivity index (χ1) is 16.4. The van der Waals surface area contributed by atoms with Crippen LogP contribution in [0.4, 0.5) is 11.4 Å². The molecule has 0 unspecified atom stereocenters. The van der Waals surface area contributed by atoms with Crippen molar-refractivity contribution in [2.45, 2.75) is 51.2 Å². The van der Waals surface area contributed by atoms with Crippen LogP contribution in [0.3, 0.4) is 0 Å². The third kappa shape index (κ3) is 6.37.